The molecule has 1 N–H and O–H groups in total. The van der Waals surface area contributed by atoms with Gasteiger partial charge in [-0.2, -0.15) is 0 Å². The van der Waals surface area contributed by atoms with Gasteiger partial charge in [0.15, 0.2) is 11.5 Å². The number of nitrogens with one attached hydrogen (secondary N) is 1. The monoisotopic (exact) mass is 534 g/mol. The van der Waals surface area contributed by atoms with Gasteiger partial charge in [0, 0.05) is 16.1 Å². The highest BCUT2D eigenvalue weighted by Gasteiger charge is 2.15. The molecule has 0 atom stereocenters. The molecule has 1 amide bonds. The van der Waals surface area contributed by atoms with Gasteiger partial charge in [-0.15, -0.1) is 11.3 Å². The minimum absolute atomic E-state index is 0.319. The topological polar surface area (TPSA) is 60.5 Å². The van der Waals surface area contributed by atoms with Gasteiger partial charge in [0.1, 0.15) is 11.6 Å². The first-order valence-corrected chi connectivity index (χ1v) is 12.6. The zero-order valence-electron chi connectivity index (χ0n) is 19.1. The second-order valence-electron chi connectivity index (χ2n) is 7.92. The first-order valence-electron chi connectivity index (χ1n) is 11.0. The average molecular weight is 535 g/mol. The molecule has 0 saturated carbocycles. The van der Waals surface area contributed by atoms with Crippen LogP contribution >= 0.6 is 34.5 Å². The third-order valence-electron chi connectivity index (χ3n) is 5.49. The van der Waals surface area contributed by atoms with Crippen LogP contribution in [0.1, 0.15) is 15.9 Å². The van der Waals surface area contributed by atoms with Crippen molar-refractivity contribution < 1.29 is 14.3 Å². The molecule has 0 aliphatic heterocycles. The molecule has 1 heterocycles. The highest BCUT2D eigenvalue weighted by atomic mass is 35.5. The van der Waals surface area contributed by atoms with Crippen molar-refractivity contribution in [3.05, 3.63) is 106 Å². The molecule has 0 bridgehead atoms. The molecule has 0 aliphatic carbocycles. The molecule has 4 aromatic carbocycles. The van der Waals surface area contributed by atoms with Crippen molar-refractivity contribution in [3.8, 4) is 22.1 Å². The van der Waals surface area contributed by atoms with Gasteiger partial charge in [-0.1, -0.05) is 53.5 Å². The number of benzene rings is 4. The molecule has 1 aromatic heterocycles. The van der Waals surface area contributed by atoms with Crippen LogP contribution in [-0.4, -0.2) is 18.0 Å². The van der Waals surface area contributed by atoms with E-state index in [9.17, 15) is 4.79 Å². The number of hydrogen-bond donors (Lipinski definition) is 1. The van der Waals surface area contributed by atoms with Crippen molar-refractivity contribution in [2.75, 3.05) is 12.4 Å². The lowest BCUT2D eigenvalue weighted by molar-refractivity contribution is 0.102. The zero-order chi connectivity index (χ0) is 25.1. The number of fused-ring (bicyclic) bond motifs is 1. The summed E-state index contributed by atoms with van der Waals surface area (Å²) in [6.07, 6.45) is 0. The molecule has 0 radical (unpaired) electrons. The Bertz CT molecular complexity index is 1520. The summed E-state index contributed by atoms with van der Waals surface area (Å²) >= 11 is 13.9. The molecule has 5 rings (SSSR count). The predicted molar refractivity (Wildman–Crippen MR) is 147 cm³/mol. The Labute approximate surface area is 222 Å². The van der Waals surface area contributed by atoms with E-state index in [-0.39, 0.29) is 5.91 Å². The summed E-state index contributed by atoms with van der Waals surface area (Å²) in [4.78, 5) is 17.7. The SMILES string of the molecule is COc1cc(C(=O)Nc2cc(-c3nc4ccccc4s3)ccc2Cl)ccc1OCc1ccc(Cl)cc1. The van der Waals surface area contributed by atoms with E-state index in [1.807, 2.05) is 60.7 Å². The molecule has 36 heavy (non-hydrogen) atoms. The summed E-state index contributed by atoms with van der Waals surface area (Å²) in [7, 11) is 1.53. The standard InChI is InChI=1S/C28H20Cl2N2O3S/c1-34-25-15-18(9-13-24(25)35-16-17-6-10-20(29)11-7-17)27(33)31-23-14-19(8-12-21(23)30)28-32-22-4-2-3-5-26(22)36-28/h2-15H,16H2,1H3,(H,31,33). The Hall–Kier alpha value is -3.58. The number of carbonyl (C=O) groups is 1. The van der Waals surface area contributed by atoms with Crippen LogP contribution < -0.4 is 14.8 Å². The minimum atomic E-state index is -0.319. The highest BCUT2D eigenvalue weighted by Crippen LogP contribution is 2.34. The Morgan fingerprint density at radius 3 is 2.53 bits per heavy atom. The van der Waals surface area contributed by atoms with Gasteiger partial charge in [0.2, 0.25) is 0 Å². The third kappa shape index (κ3) is 5.31. The average Bonchev–Trinajstić information content (AvgIpc) is 3.34. The van der Waals surface area contributed by atoms with Crippen LogP contribution in [0.5, 0.6) is 11.5 Å². The number of amides is 1. The molecule has 8 heteroatoms. The van der Waals surface area contributed by atoms with Gasteiger partial charge >= 0.3 is 0 Å². The number of hydrogen-bond acceptors (Lipinski definition) is 5. The van der Waals surface area contributed by atoms with Crippen LogP contribution in [0, 0.1) is 0 Å². The maximum atomic E-state index is 13.1. The number of rotatable bonds is 7. The Kier molecular flexibility index (Phi) is 7.09. The first-order chi connectivity index (χ1) is 17.5. The van der Waals surface area contributed by atoms with Crippen molar-refractivity contribution in [2.24, 2.45) is 0 Å². The van der Waals surface area contributed by atoms with E-state index in [1.165, 1.54) is 7.11 Å². The summed E-state index contributed by atoms with van der Waals surface area (Å²) in [6, 6.07) is 25.9. The van der Waals surface area contributed by atoms with Gasteiger partial charge < -0.3 is 14.8 Å². The van der Waals surface area contributed by atoms with Crippen molar-refractivity contribution in [2.45, 2.75) is 6.61 Å². The van der Waals surface area contributed by atoms with Gasteiger partial charge in [-0.25, -0.2) is 4.98 Å². The maximum Gasteiger partial charge on any atom is 0.255 e. The van der Waals surface area contributed by atoms with Gasteiger partial charge in [0.25, 0.3) is 5.91 Å². The molecule has 0 unspecified atom stereocenters. The molecular weight excluding hydrogens is 515 g/mol. The second-order valence-corrected chi connectivity index (χ2v) is 9.79. The molecular formula is C28H20Cl2N2O3S. The molecule has 5 nitrogen and oxygen atoms in total. The fraction of sp³-hybridized carbons (Fsp3) is 0.0714. The number of nitrogens with zero attached hydrogens (tertiary/aromatic N) is 1. The Balaban J connectivity index is 1.33. The Morgan fingerprint density at radius 2 is 1.75 bits per heavy atom. The quantitative estimate of drug-likeness (QED) is 0.229. The molecule has 0 saturated heterocycles. The highest BCUT2D eigenvalue weighted by molar-refractivity contribution is 7.21. The zero-order valence-corrected chi connectivity index (χ0v) is 21.5. The van der Waals surface area contributed by atoms with Crippen LogP contribution in [0.3, 0.4) is 0 Å². The van der Waals surface area contributed by atoms with E-state index < -0.39 is 0 Å². The number of methoxy groups -OCH3 is 1. The van der Waals surface area contributed by atoms with Crippen molar-refractivity contribution in [1.82, 2.24) is 4.98 Å². The van der Waals surface area contributed by atoms with E-state index >= 15 is 0 Å². The van der Waals surface area contributed by atoms with E-state index in [1.54, 1.807) is 35.6 Å². The molecule has 0 spiro atoms. The van der Waals surface area contributed by atoms with Crippen molar-refractivity contribution in [3.63, 3.8) is 0 Å². The third-order valence-corrected chi connectivity index (χ3v) is 7.16. The molecule has 5 aromatic rings. The van der Waals surface area contributed by atoms with E-state index in [4.69, 9.17) is 37.7 Å². The Morgan fingerprint density at radius 1 is 0.944 bits per heavy atom. The lowest BCUT2D eigenvalue weighted by atomic mass is 10.1. The number of carbonyl (C=O) groups excluding carboxylic acids is 1. The van der Waals surface area contributed by atoms with E-state index in [0.29, 0.717) is 39.4 Å². The van der Waals surface area contributed by atoms with Crippen molar-refractivity contribution >= 4 is 56.3 Å². The summed E-state index contributed by atoms with van der Waals surface area (Å²) in [5.74, 6) is 0.659. The fourth-order valence-corrected chi connectivity index (χ4v) is 4.87. The van der Waals surface area contributed by atoms with Crippen LogP contribution in [-0.2, 0) is 6.61 Å². The van der Waals surface area contributed by atoms with Crippen molar-refractivity contribution in [1.29, 1.82) is 0 Å². The van der Waals surface area contributed by atoms with Crippen LogP contribution in [0.25, 0.3) is 20.8 Å². The minimum Gasteiger partial charge on any atom is -0.493 e. The first kappa shape index (κ1) is 24.1. The number of aromatic nitrogens is 1. The lowest BCUT2D eigenvalue weighted by Crippen LogP contribution is -2.12. The summed E-state index contributed by atoms with van der Waals surface area (Å²) in [5.41, 5.74) is 3.68. The lowest BCUT2D eigenvalue weighted by Gasteiger charge is -2.13. The number of para-hydroxylation sites is 1. The van der Waals surface area contributed by atoms with Crippen LogP contribution in [0.4, 0.5) is 5.69 Å². The predicted octanol–water partition coefficient (Wildman–Crippen LogP) is 8.11. The van der Waals surface area contributed by atoms with Crippen LogP contribution in [0.2, 0.25) is 10.0 Å². The van der Waals surface area contributed by atoms with E-state index in [2.05, 4.69) is 5.32 Å². The summed E-state index contributed by atoms with van der Waals surface area (Å²) in [5, 5.41) is 4.85. The second kappa shape index (κ2) is 10.6. The maximum absolute atomic E-state index is 13.1. The van der Waals surface area contributed by atoms with Gasteiger partial charge in [-0.05, 0) is 60.2 Å². The van der Waals surface area contributed by atoms with Gasteiger partial charge in [-0.3, -0.25) is 4.79 Å². The molecule has 0 aliphatic rings. The summed E-state index contributed by atoms with van der Waals surface area (Å²) < 4.78 is 12.4. The number of anilines is 1. The van der Waals surface area contributed by atoms with E-state index in [0.717, 1.165) is 26.4 Å². The number of ether oxygens (including phenoxy) is 2. The number of halogens is 2. The largest absolute Gasteiger partial charge is 0.493 e. The molecule has 0 fully saturated rings. The summed E-state index contributed by atoms with van der Waals surface area (Å²) in [6.45, 7) is 0.341. The number of thiazole rings is 1. The van der Waals surface area contributed by atoms with Crippen LogP contribution in [0.15, 0.2) is 84.9 Å². The fourth-order valence-electron chi connectivity index (χ4n) is 3.61. The smallest absolute Gasteiger partial charge is 0.255 e. The normalized spacial score (nSPS) is 10.9. The van der Waals surface area contributed by atoms with Gasteiger partial charge in [0.05, 0.1) is 28.0 Å². The molecule has 180 valence electrons.